The molecule has 0 aromatic carbocycles. The third-order valence-electron chi connectivity index (χ3n) is 2.26. The fourth-order valence-corrected chi connectivity index (χ4v) is 2.48. The van der Waals surface area contributed by atoms with E-state index in [9.17, 15) is 0 Å². The Hall–Kier alpha value is 1.01. The van der Waals surface area contributed by atoms with Crippen molar-refractivity contribution in [2.24, 2.45) is 0 Å². The second kappa shape index (κ2) is 17.0. The van der Waals surface area contributed by atoms with Crippen LogP contribution in [0.5, 0.6) is 0 Å². The molecule has 17 heavy (non-hydrogen) atoms. The molecule has 3 nitrogen and oxygen atoms in total. The molecule has 0 aliphatic rings. The van der Waals surface area contributed by atoms with Gasteiger partial charge in [0.25, 0.3) is 0 Å². The largest absolute Gasteiger partial charge is 1.00 e. The number of hydrogen-bond donors (Lipinski definition) is 0. The summed E-state index contributed by atoms with van der Waals surface area (Å²) in [6.07, 6.45) is 6.76. The van der Waals surface area contributed by atoms with Crippen molar-refractivity contribution in [3.05, 3.63) is 0 Å². The van der Waals surface area contributed by atoms with Crippen LogP contribution in [-0.2, 0) is 11.4 Å². The Balaban J connectivity index is 0. The average Bonchev–Trinajstić information content (AvgIpc) is 2.29. The SMILES string of the molecule is CCCC[O][Al]([O]CCCC)[O]CCCC.[Li+]. The third kappa shape index (κ3) is 15.0. The Labute approximate surface area is 124 Å². The van der Waals surface area contributed by atoms with E-state index in [-0.39, 0.29) is 18.9 Å². The molecule has 0 N–H and O–H groups in total. The molecule has 0 spiro atoms. The van der Waals surface area contributed by atoms with Gasteiger partial charge in [-0.15, -0.1) is 0 Å². The molecule has 0 radical (unpaired) electrons. The van der Waals surface area contributed by atoms with Gasteiger partial charge in [-0.05, 0) is 19.3 Å². The van der Waals surface area contributed by atoms with E-state index in [0.29, 0.717) is 0 Å². The first-order valence-electron chi connectivity index (χ1n) is 6.69. The molecule has 0 fully saturated rings. The maximum absolute atomic E-state index is 5.67. The smallest absolute Gasteiger partial charge is 0.454 e. The van der Waals surface area contributed by atoms with Crippen LogP contribution in [0.15, 0.2) is 0 Å². The van der Waals surface area contributed by atoms with Crippen LogP contribution in [-0.4, -0.2) is 35.0 Å². The van der Waals surface area contributed by atoms with E-state index in [0.717, 1.165) is 58.3 Å². The zero-order valence-corrected chi connectivity index (χ0v) is 13.3. The normalized spacial score (nSPS) is 10.1. The molecule has 0 saturated heterocycles. The van der Waals surface area contributed by atoms with Crippen molar-refractivity contribution in [1.29, 1.82) is 0 Å². The summed E-state index contributed by atoms with van der Waals surface area (Å²) in [5.41, 5.74) is 0. The molecule has 0 unspecified atom stereocenters. The monoisotopic (exact) mass is 253 g/mol. The summed E-state index contributed by atoms with van der Waals surface area (Å²) >= 11 is -1.83. The number of hydrogen-bond acceptors (Lipinski definition) is 3. The van der Waals surface area contributed by atoms with E-state index in [1.165, 1.54) is 0 Å². The summed E-state index contributed by atoms with van der Waals surface area (Å²) in [5, 5.41) is 0. The summed E-state index contributed by atoms with van der Waals surface area (Å²) in [6.45, 7) is 8.84. The minimum Gasteiger partial charge on any atom is -0.454 e. The molecule has 0 aromatic heterocycles. The molecule has 0 aromatic rings. The minimum atomic E-state index is -1.83. The van der Waals surface area contributed by atoms with Crippen LogP contribution >= 0.6 is 0 Å². The Morgan fingerprint density at radius 3 is 1.18 bits per heavy atom. The Bertz CT molecular complexity index is 115. The van der Waals surface area contributed by atoms with Gasteiger partial charge >= 0.3 is 34.0 Å². The van der Waals surface area contributed by atoms with Gasteiger partial charge in [-0.3, -0.25) is 0 Å². The van der Waals surface area contributed by atoms with E-state index >= 15 is 0 Å². The summed E-state index contributed by atoms with van der Waals surface area (Å²) in [4.78, 5) is 0. The fourth-order valence-electron chi connectivity index (χ4n) is 1.12. The van der Waals surface area contributed by atoms with Crippen molar-refractivity contribution in [3.63, 3.8) is 0 Å². The maximum Gasteiger partial charge on any atom is 1.00 e. The summed E-state index contributed by atoms with van der Waals surface area (Å²) in [7, 11) is 0. The van der Waals surface area contributed by atoms with Gasteiger partial charge in [-0.1, -0.05) is 40.0 Å². The van der Waals surface area contributed by atoms with E-state index in [2.05, 4.69) is 20.8 Å². The van der Waals surface area contributed by atoms with Gasteiger partial charge < -0.3 is 11.4 Å². The first-order chi connectivity index (χ1) is 7.85. The van der Waals surface area contributed by atoms with Crippen molar-refractivity contribution in [2.45, 2.75) is 59.3 Å². The summed E-state index contributed by atoms with van der Waals surface area (Å²) in [5.74, 6) is 0. The fraction of sp³-hybridized carbons (Fsp3) is 1.00. The predicted octanol–water partition coefficient (Wildman–Crippen LogP) is 0.425. The molecule has 5 heteroatoms. The molecule has 0 amide bonds. The van der Waals surface area contributed by atoms with Crippen LogP contribution in [0.4, 0.5) is 0 Å². The molecule has 0 heterocycles. The third-order valence-corrected chi connectivity index (χ3v) is 3.78. The van der Waals surface area contributed by atoms with Gasteiger partial charge in [0, 0.05) is 19.8 Å². The van der Waals surface area contributed by atoms with Crippen molar-refractivity contribution in [2.75, 3.05) is 19.8 Å². The van der Waals surface area contributed by atoms with Crippen LogP contribution in [0.3, 0.4) is 0 Å². The first-order valence-corrected chi connectivity index (χ1v) is 8.11. The maximum atomic E-state index is 5.67. The van der Waals surface area contributed by atoms with Gasteiger partial charge in [0.1, 0.15) is 0 Å². The first kappa shape index (κ1) is 20.3. The number of rotatable bonds is 12. The average molecular weight is 253 g/mol. The molecular weight excluding hydrogens is 226 g/mol. The van der Waals surface area contributed by atoms with Crippen molar-refractivity contribution in [1.82, 2.24) is 0 Å². The molecule has 96 valence electrons. The number of unbranched alkanes of at least 4 members (excludes halogenated alkanes) is 3. The van der Waals surface area contributed by atoms with Gasteiger partial charge in [-0.25, -0.2) is 0 Å². The Kier molecular flexibility index (Phi) is 20.3. The van der Waals surface area contributed by atoms with Crippen molar-refractivity contribution in [3.8, 4) is 0 Å². The summed E-state index contributed by atoms with van der Waals surface area (Å²) in [6, 6.07) is 0. The van der Waals surface area contributed by atoms with E-state index < -0.39 is 15.1 Å². The molecule has 0 saturated carbocycles. The molecule has 0 aliphatic carbocycles. The summed E-state index contributed by atoms with van der Waals surface area (Å²) < 4.78 is 17.0. The van der Waals surface area contributed by atoms with Crippen LogP contribution in [0.1, 0.15) is 59.3 Å². The van der Waals surface area contributed by atoms with Gasteiger partial charge in [0.15, 0.2) is 0 Å². The topological polar surface area (TPSA) is 27.7 Å². The van der Waals surface area contributed by atoms with Crippen LogP contribution in [0, 0.1) is 0 Å². The van der Waals surface area contributed by atoms with E-state index in [4.69, 9.17) is 11.4 Å². The van der Waals surface area contributed by atoms with Gasteiger partial charge in [0.2, 0.25) is 0 Å². The van der Waals surface area contributed by atoms with Crippen LogP contribution < -0.4 is 18.9 Å². The van der Waals surface area contributed by atoms with Gasteiger partial charge in [-0.2, -0.15) is 0 Å². The molecule has 0 aliphatic heterocycles. The zero-order chi connectivity index (χ0) is 12.1. The van der Waals surface area contributed by atoms with E-state index in [1.54, 1.807) is 0 Å². The zero-order valence-electron chi connectivity index (χ0n) is 12.2. The molecule has 0 rings (SSSR count). The Morgan fingerprint density at radius 2 is 0.941 bits per heavy atom. The van der Waals surface area contributed by atoms with Crippen LogP contribution in [0.2, 0.25) is 0 Å². The quantitative estimate of drug-likeness (QED) is 0.373. The second-order valence-electron chi connectivity index (χ2n) is 3.96. The second-order valence-corrected chi connectivity index (χ2v) is 5.54. The Morgan fingerprint density at radius 1 is 0.647 bits per heavy atom. The minimum absolute atomic E-state index is 0. The predicted molar refractivity (Wildman–Crippen MR) is 68.3 cm³/mol. The molecular formula is C12H27AlLiO3+. The van der Waals surface area contributed by atoms with Crippen LogP contribution in [0.25, 0.3) is 0 Å². The van der Waals surface area contributed by atoms with Crippen molar-refractivity contribution < 1.29 is 30.2 Å². The molecule has 0 bridgehead atoms. The van der Waals surface area contributed by atoms with E-state index in [1.807, 2.05) is 0 Å². The van der Waals surface area contributed by atoms with Crippen molar-refractivity contribution >= 4 is 15.1 Å². The van der Waals surface area contributed by atoms with Gasteiger partial charge in [0.05, 0.1) is 0 Å². The molecule has 0 atom stereocenters. The standard InChI is InChI=1S/3C4H9O.Al.Li/c3*1-2-3-4-5;;/h3*2-4H2,1H3;;/q3*-1;+3;+1.